The fourth-order valence-electron chi connectivity index (χ4n) is 13.0. The molecule has 484 valence electrons. The molecule has 0 aromatic heterocycles. The molecule has 0 aromatic carbocycles. The Morgan fingerprint density at radius 3 is 1.13 bits per heavy atom. The van der Waals surface area contributed by atoms with E-state index >= 15 is 0 Å². The number of esters is 4. The van der Waals surface area contributed by atoms with Crippen molar-refractivity contribution in [2.75, 3.05) is 26.4 Å². The molecule has 4 aliphatic carbocycles. The third-order valence-electron chi connectivity index (χ3n) is 18.7. The number of allylic oxidation sites excluding steroid dienone is 11. The number of carbonyl (C=O) groups excluding carboxylic acids is 4. The Bertz CT molecular complexity index is 2490. The molecule has 0 saturated carbocycles. The molecule has 0 aromatic rings. The summed E-state index contributed by atoms with van der Waals surface area (Å²) in [6.45, 7) is 48.8. The summed E-state index contributed by atoms with van der Waals surface area (Å²) in [7, 11) is 0. The van der Waals surface area contributed by atoms with E-state index in [-0.39, 0.29) is 131 Å². The van der Waals surface area contributed by atoms with Gasteiger partial charge in [-0.25, -0.2) is 0 Å². The molecule has 12 heteroatoms. The van der Waals surface area contributed by atoms with Gasteiger partial charge in [-0.1, -0.05) is 184 Å². The molecule has 12 nitrogen and oxygen atoms in total. The lowest BCUT2D eigenvalue weighted by atomic mass is 9.64. The highest BCUT2D eigenvalue weighted by atomic mass is 16.6. The second-order valence-electron chi connectivity index (χ2n) is 34.8. The molecule has 85 heavy (non-hydrogen) atoms. The van der Waals surface area contributed by atoms with Crippen LogP contribution in [0.3, 0.4) is 0 Å². The Morgan fingerprint density at radius 2 is 0.788 bits per heavy atom. The van der Waals surface area contributed by atoms with Gasteiger partial charge in [0.1, 0.15) is 37.6 Å². The van der Waals surface area contributed by atoms with Gasteiger partial charge in [-0.15, -0.1) is 0 Å². The van der Waals surface area contributed by atoms with Crippen LogP contribution in [0.15, 0.2) is 68.6 Å². The summed E-state index contributed by atoms with van der Waals surface area (Å²) in [5.74, 6) is -0.614. The highest BCUT2D eigenvalue weighted by Gasteiger charge is 2.44. The number of hydrogen-bond acceptors (Lipinski definition) is 12. The number of rotatable bonds is 20. The van der Waals surface area contributed by atoms with E-state index in [1.165, 1.54) is 0 Å². The summed E-state index contributed by atoms with van der Waals surface area (Å²) in [5, 5.41) is 46.1. The largest absolute Gasteiger partial charge is 0.512 e. The molecule has 0 bridgehead atoms. The highest BCUT2D eigenvalue weighted by Crippen LogP contribution is 2.51. The summed E-state index contributed by atoms with van der Waals surface area (Å²) in [4.78, 5) is 56.6. The minimum absolute atomic E-state index is 0.0113. The summed E-state index contributed by atoms with van der Waals surface area (Å²) >= 11 is 0. The van der Waals surface area contributed by atoms with Crippen molar-refractivity contribution in [2.45, 2.75) is 256 Å². The van der Waals surface area contributed by atoms with Gasteiger partial charge in [-0.3, -0.25) is 19.2 Å². The standard InChI is InChI=1S/C73H120O12/c1-65(2,3)49-33-45(34-50(61(49)78)66(4,5)6)25-29-57(74)82-41-73(42-83-58(75)30-26-46-35-51(67(7,8)9)62(79)52(36-46)68(10,11)12,43-84-59(76)31-27-47-37-53(69(13,14)15)63(80)54(38-47)70(16,17)18)44-85-60(77)32-28-48-39-55(71(19,20)21)64(81)56(40-48)72(22,23)24/h33,35,45,47-48,52-53,55,78-81H,25-32,34,36-44H2,1-24H3. The van der Waals surface area contributed by atoms with Gasteiger partial charge in [0, 0.05) is 43.4 Å². The molecule has 0 fully saturated rings. The van der Waals surface area contributed by atoms with Crippen LogP contribution in [-0.2, 0) is 38.1 Å². The van der Waals surface area contributed by atoms with Gasteiger partial charge >= 0.3 is 23.9 Å². The quantitative estimate of drug-likeness (QED) is 0.0669. The van der Waals surface area contributed by atoms with Gasteiger partial charge in [0.2, 0.25) is 0 Å². The van der Waals surface area contributed by atoms with Crippen molar-refractivity contribution in [3.8, 4) is 0 Å². The van der Waals surface area contributed by atoms with E-state index in [0.717, 1.165) is 33.4 Å². The summed E-state index contributed by atoms with van der Waals surface area (Å²) in [6, 6.07) is 0. The minimum atomic E-state index is -1.50. The van der Waals surface area contributed by atoms with Gasteiger partial charge in [-0.2, -0.15) is 0 Å². The van der Waals surface area contributed by atoms with Crippen molar-refractivity contribution in [2.24, 2.45) is 84.2 Å². The SMILES string of the molecule is CC(C)(C)C1=CC(CCC(=O)OCC(COC(=O)CCC2=CC(C(C)(C)C)=C(O)C(C(C)(C)C)C2)(COC(=O)CCC2CC(C(C)(C)C)=C(O)C(C(C)(C)C)C2)COC(=O)CCC2CC(C(C)(C)C)=C(O)C(C(C)(C)C)C2)CC(C(C)(C)C)=C1O. The predicted octanol–water partition coefficient (Wildman–Crippen LogP) is 18.8. The van der Waals surface area contributed by atoms with Crippen LogP contribution in [0.1, 0.15) is 256 Å². The van der Waals surface area contributed by atoms with E-state index in [1.807, 2.05) is 6.08 Å². The fourth-order valence-corrected chi connectivity index (χ4v) is 13.0. The van der Waals surface area contributed by atoms with Gasteiger partial charge in [0.05, 0.1) is 17.3 Å². The van der Waals surface area contributed by atoms with Gasteiger partial charge < -0.3 is 39.4 Å². The molecule has 6 atom stereocenters. The van der Waals surface area contributed by atoms with E-state index in [2.05, 4.69) is 172 Å². The Kier molecular flexibility index (Phi) is 23.6. The van der Waals surface area contributed by atoms with Crippen LogP contribution in [0.4, 0.5) is 0 Å². The Hall–Kier alpha value is -4.48. The Morgan fingerprint density at radius 1 is 0.424 bits per heavy atom. The first-order chi connectivity index (χ1) is 38.4. The number of aliphatic hydroxyl groups excluding tert-OH is 4. The topological polar surface area (TPSA) is 186 Å². The van der Waals surface area contributed by atoms with Gasteiger partial charge in [0.15, 0.2) is 0 Å². The lowest BCUT2D eigenvalue weighted by Crippen LogP contribution is -2.44. The zero-order valence-corrected chi connectivity index (χ0v) is 57.9. The van der Waals surface area contributed by atoms with Crippen molar-refractivity contribution in [3.05, 3.63) is 68.6 Å². The first-order valence-corrected chi connectivity index (χ1v) is 32.2. The predicted molar refractivity (Wildman–Crippen MR) is 342 cm³/mol. The average molecular weight is 1190 g/mol. The van der Waals surface area contributed by atoms with Gasteiger partial charge in [-0.05, 0) is 153 Å². The highest BCUT2D eigenvalue weighted by molar-refractivity contribution is 5.71. The minimum Gasteiger partial charge on any atom is -0.512 e. The molecule has 0 aliphatic heterocycles. The summed E-state index contributed by atoms with van der Waals surface area (Å²) in [6.07, 6.45) is 10.0. The normalized spacial score (nSPS) is 23.5. The molecule has 4 N–H and O–H groups in total. The maximum atomic E-state index is 14.2. The maximum Gasteiger partial charge on any atom is 0.306 e. The third-order valence-corrected chi connectivity index (χ3v) is 18.7. The van der Waals surface area contributed by atoms with Crippen molar-refractivity contribution < 1.29 is 58.6 Å². The van der Waals surface area contributed by atoms with Crippen LogP contribution >= 0.6 is 0 Å². The molecular formula is C73H120O12. The maximum absolute atomic E-state index is 14.2. The van der Waals surface area contributed by atoms with Crippen molar-refractivity contribution in [1.82, 2.24) is 0 Å². The van der Waals surface area contributed by atoms with Crippen LogP contribution in [0.25, 0.3) is 0 Å². The van der Waals surface area contributed by atoms with Crippen molar-refractivity contribution in [1.29, 1.82) is 0 Å². The number of aliphatic hydroxyl groups is 4. The summed E-state index contributed by atoms with van der Waals surface area (Å²) < 4.78 is 24.7. The second-order valence-corrected chi connectivity index (χ2v) is 34.8. The first kappa shape index (κ1) is 73.0. The zero-order chi connectivity index (χ0) is 65.0. The van der Waals surface area contributed by atoms with E-state index < -0.39 is 29.3 Å². The van der Waals surface area contributed by atoms with Crippen LogP contribution < -0.4 is 0 Å². The third kappa shape index (κ3) is 20.8. The molecule has 6 unspecified atom stereocenters. The molecule has 0 amide bonds. The number of carbonyl (C=O) groups is 4. The van der Waals surface area contributed by atoms with Gasteiger partial charge in [0.25, 0.3) is 0 Å². The van der Waals surface area contributed by atoms with Crippen LogP contribution in [0.2, 0.25) is 0 Å². The van der Waals surface area contributed by atoms with Crippen LogP contribution in [0, 0.1) is 84.2 Å². The summed E-state index contributed by atoms with van der Waals surface area (Å²) in [5.41, 5.74) is 1.94. The zero-order valence-electron chi connectivity index (χ0n) is 57.9. The molecule has 0 radical (unpaired) electrons. The molecule has 4 aliphatic rings. The number of ether oxygens (including phenoxy) is 4. The molecule has 0 heterocycles. The fraction of sp³-hybridized carbons (Fsp3) is 0.781. The average Bonchev–Trinajstić information content (AvgIpc) is 1.83. The molecular weight excluding hydrogens is 1070 g/mol. The molecule has 0 spiro atoms. The lowest BCUT2D eigenvalue weighted by Gasteiger charge is -2.41. The first-order valence-electron chi connectivity index (χ1n) is 32.2. The molecule has 4 rings (SSSR count). The van der Waals surface area contributed by atoms with Crippen molar-refractivity contribution in [3.63, 3.8) is 0 Å². The van der Waals surface area contributed by atoms with E-state index in [9.17, 15) is 39.6 Å². The lowest BCUT2D eigenvalue weighted by molar-refractivity contribution is -0.171. The monoisotopic (exact) mass is 1190 g/mol. The Labute approximate surface area is 515 Å². The van der Waals surface area contributed by atoms with E-state index in [4.69, 9.17) is 18.9 Å². The molecule has 0 saturated heterocycles. The van der Waals surface area contributed by atoms with Crippen LogP contribution in [0.5, 0.6) is 0 Å². The van der Waals surface area contributed by atoms with E-state index in [0.29, 0.717) is 87.2 Å². The van der Waals surface area contributed by atoms with Crippen LogP contribution in [-0.4, -0.2) is 70.7 Å². The Balaban J connectivity index is 1.68. The van der Waals surface area contributed by atoms with E-state index in [1.54, 1.807) is 0 Å². The van der Waals surface area contributed by atoms with Crippen molar-refractivity contribution >= 4 is 23.9 Å². The smallest absolute Gasteiger partial charge is 0.306 e. The second kappa shape index (κ2) is 27.5. The number of hydrogen-bond donors (Lipinski definition) is 4.